The summed E-state index contributed by atoms with van der Waals surface area (Å²) in [6, 6.07) is 10.9. The van der Waals surface area contributed by atoms with Crippen molar-refractivity contribution in [3.05, 3.63) is 62.7 Å². The molecule has 0 unspecified atom stereocenters. The van der Waals surface area contributed by atoms with Crippen LogP contribution in [0.3, 0.4) is 0 Å². The predicted octanol–water partition coefficient (Wildman–Crippen LogP) is 12.2. The lowest BCUT2D eigenvalue weighted by molar-refractivity contribution is -0.422. The van der Waals surface area contributed by atoms with Gasteiger partial charge in [0.05, 0.1) is 27.3 Å². The van der Waals surface area contributed by atoms with Crippen LogP contribution in [-0.4, -0.2) is 16.4 Å². The molecule has 0 aliphatic carbocycles. The molecule has 0 aliphatic rings. The smallest absolute Gasteiger partial charge is 0.348 e. The van der Waals surface area contributed by atoms with Crippen LogP contribution in [0.4, 0.5) is 28.4 Å². The van der Waals surface area contributed by atoms with Crippen molar-refractivity contribution >= 4 is 28.4 Å². The first-order chi connectivity index (χ1) is 21.0. The third-order valence-corrected chi connectivity index (χ3v) is 7.86. The average molecular weight is 596 g/mol. The Morgan fingerprint density at radius 1 is 0.535 bits per heavy atom. The van der Waals surface area contributed by atoms with Gasteiger partial charge in [0.1, 0.15) is 0 Å². The molecule has 0 aromatic heterocycles. The lowest BCUT2D eigenvalue weighted by Crippen LogP contribution is -2.00. The standard InChI is InChI=1S/C34H53N5O4/c1-2-3-4-5-6-7-8-9-10-11-12-13-14-15-16-17-18-19-20-21-28-35-30-22-24-31(25-23-30)36-37-32-26-27-33(38(40)41)34(29-32)39(42)43/h22-27,29,35H,2-21,28H2,1H3/b37-36+. The molecule has 0 saturated carbocycles. The van der Waals surface area contributed by atoms with Gasteiger partial charge in [-0.15, -0.1) is 0 Å². The molecule has 0 radical (unpaired) electrons. The first-order valence-electron chi connectivity index (χ1n) is 16.7. The van der Waals surface area contributed by atoms with Crippen molar-refractivity contribution in [3.63, 3.8) is 0 Å². The van der Waals surface area contributed by atoms with E-state index in [1.807, 2.05) is 24.3 Å². The lowest BCUT2D eigenvalue weighted by Gasteiger charge is -2.07. The average Bonchev–Trinajstić information content (AvgIpc) is 3.01. The van der Waals surface area contributed by atoms with Gasteiger partial charge < -0.3 is 5.32 Å². The summed E-state index contributed by atoms with van der Waals surface area (Å²) in [6.07, 6.45) is 27.6. The van der Waals surface area contributed by atoms with Crippen molar-refractivity contribution in [3.8, 4) is 0 Å². The van der Waals surface area contributed by atoms with E-state index in [0.717, 1.165) is 30.8 Å². The highest BCUT2D eigenvalue weighted by Gasteiger charge is 2.24. The SMILES string of the molecule is CCCCCCCCCCCCCCCCCCCCCCNc1ccc(/N=N/c2ccc([N+](=O)[O-])c([N+](=O)[O-])c2)cc1. The molecule has 9 heteroatoms. The molecule has 9 nitrogen and oxygen atoms in total. The van der Waals surface area contributed by atoms with Gasteiger partial charge in [-0.05, 0) is 36.8 Å². The number of anilines is 1. The van der Waals surface area contributed by atoms with E-state index in [9.17, 15) is 20.2 Å². The summed E-state index contributed by atoms with van der Waals surface area (Å²) in [4.78, 5) is 20.5. The summed E-state index contributed by atoms with van der Waals surface area (Å²) < 4.78 is 0. The number of azo groups is 1. The lowest BCUT2D eigenvalue weighted by atomic mass is 10.0. The quantitative estimate of drug-likeness (QED) is 0.0501. The molecule has 0 spiro atoms. The second-order valence-electron chi connectivity index (χ2n) is 11.6. The van der Waals surface area contributed by atoms with E-state index in [4.69, 9.17) is 0 Å². The number of nitro benzene ring substituents is 2. The van der Waals surface area contributed by atoms with E-state index in [1.54, 1.807) is 0 Å². The number of nitrogens with one attached hydrogen (secondary N) is 1. The van der Waals surface area contributed by atoms with Gasteiger partial charge in [0.25, 0.3) is 0 Å². The number of hydrogen-bond donors (Lipinski definition) is 1. The van der Waals surface area contributed by atoms with E-state index >= 15 is 0 Å². The van der Waals surface area contributed by atoms with Gasteiger partial charge in [0.15, 0.2) is 0 Å². The Morgan fingerprint density at radius 2 is 0.930 bits per heavy atom. The van der Waals surface area contributed by atoms with Crippen LogP contribution in [0.15, 0.2) is 52.7 Å². The van der Waals surface area contributed by atoms with Gasteiger partial charge in [-0.25, -0.2) is 0 Å². The van der Waals surface area contributed by atoms with Crippen LogP contribution in [0.1, 0.15) is 135 Å². The van der Waals surface area contributed by atoms with Gasteiger partial charge >= 0.3 is 11.4 Å². The Morgan fingerprint density at radius 3 is 1.37 bits per heavy atom. The summed E-state index contributed by atoms with van der Waals surface area (Å²) in [5, 5.41) is 33.5. The van der Waals surface area contributed by atoms with E-state index < -0.39 is 21.2 Å². The number of nitro groups is 2. The van der Waals surface area contributed by atoms with Crippen molar-refractivity contribution in [2.75, 3.05) is 11.9 Å². The predicted molar refractivity (Wildman–Crippen MR) is 177 cm³/mol. The summed E-state index contributed by atoms with van der Waals surface area (Å²) in [7, 11) is 0. The Labute approximate surface area is 258 Å². The molecular weight excluding hydrogens is 542 g/mol. The van der Waals surface area contributed by atoms with E-state index in [1.165, 1.54) is 128 Å². The first kappa shape index (κ1) is 35.8. The van der Waals surface area contributed by atoms with Crippen molar-refractivity contribution in [1.29, 1.82) is 0 Å². The molecule has 0 bridgehead atoms. The number of rotatable bonds is 26. The molecule has 2 aromatic rings. The number of benzene rings is 2. The second kappa shape index (κ2) is 23.1. The van der Waals surface area contributed by atoms with Crippen molar-refractivity contribution in [2.45, 2.75) is 135 Å². The van der Waals surface area contributed by atoms with E-state index in [-0.39, 0.29) is 5.69 Å². The minimum atomic E-state index is -0.793. The largest absolute Gasteiger partial charge is 0.385 e. The van der Waals surface area contributed by atoms with Crippen LogP contribution in [0.25, 0.3) is 0 Å². The van der Waals surface area contributed by atoms with Crippen LogP contribution in [0.2, 0.25) is 0 Å². The van der Waals surface area contributed by atoms with Crippen LogP contribution >= 0.6 is 0 Å². The molecule has 0 atom stereocenters. The zero-order valence-corrected chi connectivity index (χ0v) is 26.3. The molecule has 238 valence electrons. The van der Waals surface area contributed by atoms with Crippen molar-refractivity contribution in [1.82, 2.24) is 0 Å². The normalized spacial score (nSPS) is 11.3. The number of unbranched alkanes of at least 4 members (excludes halogenated alkanes) is 19. The third kappa shape index (κ3) is 16.8. The van der Waals surface area contributed by atoms with Crippen LogP contribution in [-0.2, 0) is 0 Å². The first-order valence-corrected chi connectivity index (χ1v) is 16.7. The topological polar surface area (TPSA) is 123 Å². The molecule has 0 aliphatic heterocycles. The minimum absolute atomic E-state index is 0.180. The highest BCUT2D eigenvalue weighted by molar-refractivity contribution is 5.60. The van der Waals surface area contributed by atoms with Crippen molar-refractivity contribution in [2.24, 2.45) is 10.2 Å². The third-order valence-electron chi connectivity index (χ3n) is 7.86. The Kier molecular flexibility index (Phi) is 19.3. The van der Waals surface area contributed by atoms with Gasteiger partial charge in [-0.2, -0.15) is 10.2 Å². The molecule has 1 N–H and O–H groups in total. The fraction of sp³-hybridized carbons (Fsp3) is 0.647. The molecule has 0 heterocycles. The second-order valence-corrected chi connectivity index (χ2v) is 11.6. The molecule has 0 saturated heterocycles. The maximum Gasteiger partial charge on any atom is 0.348 e. The maximum atomic E-state index is 11.1. The monoisotopic (exact) mass is 595 g/mol. The van der Waals surface area contributed by atoms with E-state index in [0.29, 0.717) is 5.69 Å². The Balaban J connectivity index is 1.43. The summed E-state index contributed by atoms with van der Waals surface area (Å²) in [5.74, 6) is 0. The fourth-order valence-electron chi connectivity index (χ4n) is 5.25. The van der Waals surface area contributed by atoms with Gasteiger partial charge in [0, 0.05) is 18.3 Å². The van der Waals surface area contributed by atoms with Gasteiger partial charge in [0.2, 0.25) is 0 Å². The van der Waals surface area contributed by atoms with Crippen molar-refractivity contribution < 1.29 is 9.85 Å². The molecule has 2 rings (SSSR count). The molecule has 0 amide bonds. The highest BCUT2D eigenvalue weighted by Crippen LogP contribution is 2.31. The molecule has 2 aromatic carbocycles. The van der Waals surface area contributed by atoms with Gasteiger partial charge in [-0.1, -0.05) is 129 Å². The summed E-state index contributed by atoms with van der Waals surface area (Å²) in [6.45, 7) is 3.20. The number of nitrogens with zero attached hydrogens (tertiary/aromatic N) is 4. The minimum Gasteiger partial charge on any atom is -0.385 e. The zero-order valence-electron chi connectivity index (χ0n) is 26.3. The van der Waals surface area contributed by atoms with Crippen LogP contribution in [0, 0.1) is 20.2 Å². The fourth-order valence-corrected chi connectivity index (χ4v) is 5.25. The van der Waals surface area contributed by atoms with E-state index in [2.05, 4.69) is 22.5 Å². The number of hydrogen-bond acceptors (Lipinski definition) is 7. The highest BCUT2D eigenvalue weighted by atomic mass is 16.6. The Hall–Kier alpha value is -3.36. The molecule has 0 fully saturated rings. The Bertz CT molecular complexity index is 1070. The maximum absolute atomic E-state index is 11.1. The van der Waals surface area contributed by atoms with Crippen LogP contribution in [0.5, 0.6) is 0 Å². The summed E-state index contributed by atoms with van der Waals surface area (Å²) in [5.41, 5.74) is 0.595. The zero-order chi connectivity index (χ0) is 31.0. The summed E-state index contributed by atoms with van der Waals surface area (Å²) >= 11 is 0. The van der Waals surface area contributed by atoms with Gasteiger partial charge in [-0.3, -0.25) is 20.2 Å². The van der Waals surface area contributed by atoms with Crippen LogP contribution < -0.4 is 5.32 Å². The molecular formula is C34H53N5O4. The molecule has 43 heavy (non-hydrogen) atoms.